The molecule has 1 N–H and O–H groups in total. The maximum Gasteiger partial charge on any atom is 0.250 e. The molecular formula is C26H30N6O4. The van der Waals surface area contributed by atoms with Crippen molar-refractivity contribution in [2.24, 2.45) is 5.92 Å². The number of amides is 2. The molecular weight excluding hydrogens is 460 g/mol. The third-order valence-corrected chi connectivity index (χ3v) is 5.66. The van der Waals surface area contributed by atoms with Crippen LogP contribution in [0.5, 0.6) is 0 Å². The molecule has 0 unspecified atom stereocenters. The zero-order chi connectivity index (χ0) is 25.5. The zero-order valence-electron chi connectivity index (χ0n) is 20.6. The number of rotatable bonds is 11. The van der Waals surface area contributed by atoms with E-state index in [-0.39, 0.29) is 24.9 Å². The van der Waals surface area contributed by atoms with Gasteiger partial charge in [0.25, 0.3) is 5.91 Å². The molecule has 0 aliphatic carbocycles. The van der Waals surface area contributed by atoms with Crippen LogP contribution in [-0.2, 0) is 22.7 Å². The predicted molar refractivity (Wildman–Crippen MR) is 131 cm³/mol. The fourth-order valence-electron chi connectivity index (χ4n) is 3.69. The summed E-state index contributed by atoms with van der Waals surface area (Å²) in [5, 5.41) is 15.4. The highest BCUT2D eigenvalue weighted by Crippen LogP contribution is 2.25. The quantitative estimate of drug-likeness (QED) is 0.340. The molecule has 1 aromatic carbocycles. The van der Waals surface area contributed by atoms with Crippen molar-refractivity contribution in [2.45, 2.75) is 46.3 Å². The lowest BCUT2D eigenvalue weighted by molar-refractivity contribution is -0.143. The monoisotopic (exact) mass is 490 g/mol. The lowest BCUT2D eigenvalue weighted by Gasteiger charge is -2.29. The Morgan fingerprint density at radius 2 is 1.81 bits per heavy atom. The molecule has 0 aliphatic heterocycles. The van der Waals surface area contributed by atoms with Gasteiger partial charge in [0.05, 0.1) is 19.1 Å². The van der Waals surface area contributed by atoms with Crippen molar-refractivity contribution in [3.63, 3.8) is 0 Å². The Labute approximate surface area is 209 Å². The number of hydrogen-bond acceptors (Lipinski definition) is 7. The van der Waals surface area contributed by atoms with Crippen molar-refractivity contribution in [1.82, 2.24) is 30.4 Å². The van der Waals surface area contributed by atoms with Gasteiger partial charge in [0, 0.05) is 12.1 Å². The van der Waals surface area contributed by atoms with Crippen molar-refractivity contribution < 1.29 is 18.4 Å². The van der Waals surface area contributed by atoms with Crippen molar-refractivity contribution >= 4 is 11.8 Å². The number of nitrogens with zero attached hydrogens (tertiary/aromatic N) is 5. The number of hydrogen-bond donors (Lipinski definition) is 1. The van der Waals surface area contributed by atoms with Gasteiger partial charge in [-0.2, -0.15) is 4.80 Å². The van der Waals surface area contributed by atoms with Crippen molar-refractivity contribution in [1.29, 1.82) is 0 Å². The zero-order valence-corrected chi connectivity index (χ0v) is 20.6. The average molecular weight is 491 g/mol. The summed E-state index contributed by atoms with van der Waals surface area (Å²) >= 11 is 0. The van der Waals surface area contributed by atoms with Gasteiger partial charge >= 0.3 is 0 Å². The summed E-state index contributed by atoms with van der Waals surface area (Å²) in [6.45, 7) is 6.50. The molecule has 2 amide bonds. The molecule has 0 fully saturated rings. The Bertz CT molecular complexity index is 1250. The van der Waals surface area contributed by atoms with E-state index < -0.39 is 6.04 Å². The molecule has 0 bridgehead atoms. The molecule has 0 aliphatic rings. The average Bonchev–Trinajstić information content (AvgIpc) is 3.63. The van der Waals surface area contributed by atoms with E-state index in [9.17, 15) is 9.59 Å². The van der Waals surface area contributed by atoms with E-state index >= 15 is 0 Å². The number of carbonyl (C=O) groups is 2. The Morgan fingerprint density at radius 1 is 1.06 bits per heavy atom. The number of benzene rings is 1. The highest BCUT2D eigenvalue weighted by molar-refractivity contribution is 5.88. The number of aromatic nitrogens is 4. The summed E-state index contributed by atoms with van der Waals surface area (Å²) in [5.74, 6) is 0.992. The molecule has 0 spiro atoms. The Morgan fingerprint density at radius 3 is 2.47 bits per heavy atom. The third kappa shape index (κ3) is 6.26. The summed E-state index contributed by atoms with van der Waals surface area (Å²) in [7, 11) is 0. The minimum Gasteiger partial charge on any atom is -0.467 e. The van der Waals surface area contributed by atoms with E-state index in [2.05, 4.69) is 34.6 Å². The van der Waals surface area contributed by atoms with Crippen LogP contribution in [0.3, 0.4) is 0 Å². The maximum atomic E-state index is 13.6. The van der Waals surface area contributed by atoms with Crippen molar-refractivity contribution in [2.75, 3.05) is 6.54 Å². The van der Waals surface area contributed by atoms with Crippen LogP contribution in [0.1, 0.15) is 43.4 Å². The van der Waals surface area contributed by atoms with Crippen LogP contribution in [-0.4, -0.2) is 43.5 Å². The number of furan rings is 2. The second-order valence-corrected chi connectivity index (χ2v) is 9.00. The molecule has 3 heterocycles. The first kappa shape index (κ1) is 24.9. The van der Waals surface area contributed by atoms with Gasteiger partial charge in [-0.05, 0) is 48.7 Å². The molecule has 3 aromatic heterocycles. The predicted octanol–water partition coefficient (Wildman–Crippen LogP) is 3.77. The molecule has 10 nitrogen and oxygen atoms in total. The van der Waals surface area contributed by atoms with Gasteiger partial charge in [-0.25, -0.2) is 0 Å². The largest absolute Gasteiger partial charge is 0.467 e. The van der Waals surface area contributed by atoms with Gasteiger partial charge in [-0.3, -0.25) is 9.59 Å². The van der Waals surface area contributed by atoms with Gasteiger partial charge in [-0.15, -0.1) is 10.2 Å². The molecule has 0 saturated carbocycles. The summed E-state index contributed by atoms with van der Waals surface area (Å²) in [6, 6.07) is 13.6. The SMILES string of the molecule is Cc1ccc(-c2nnn(CC(=O)N(Cc3ccco3)[C@@H](C(=O)NCCC(C)C)c3ccco3)n2)cc1. The van der Waals surface area contributed by atoms with Gasteiger partial charge in [0.15, 0.2) is 6.04 Å². The van der Waals surface area contributed by atoms with Crippen LogP contribution in [0.25, 0.3) is 11.4 Å². The summed E-state index contributed by atoms with van der Waals surface area (Å²) in [4.78, 5) is 29.5. The van der Waals surface area contributed by atoms with Gasteiger partial charge in [-0.1, -0.05) is 43.7 Å². The highest BCUT2D eigenvalue weighted by Gasteiger charge is 2.34. The molecule has 4 aromatic rings. The minimum atomic E-state index is -0.996. The highest BCUT2D eigenvalue weighted by atomic mass is 16.3. The summed E-state index contributed by atoms with van der Waals surface area (Å²) in [5.41, 5.74) is 1.91. The second-order valence-electron chi connectivity index (χ2n) is 9.00. The van der Waals surface area contributed by atoms with Gasteiger partial charge < -0.3 is 19.1 Å². The molecule has 10 heteroatoms. The van der Waals surface area contributed by atoms with Gasteiger partial charge in [0.2, 0.25) is 11.7 Å². The number of carbonyl (C=O) groups excluding carboxylic acids is 2. The first-order valence-corrected chi connectivity index (χ1v) is 11.9. The van der Waals surface area contributed by atoms with E-state index in [0.29, 0.717) is 29.8 Å². The molecule has 188 valence electrons. The minimum absolute atomic E-state index is 0.0638. The van der Waals surface area contributed by atoms with Gasteiger partial charge in [0.1, 0.15) is 18.1 Å². The van der Waals surface area contributed by atoms with Crippen LogP contribution in [0.4, 0.5) is 0 Å². The summed E-state index contributed by atoms with van der Waals surface area (Å²) in [6.07, 6.45) is 3.81. The van der Waals surface area contributed by atoms with Crippen LogP contribution >= 0.6 is 0 Å². The van der Waals surface area contributed by atoms with Crippen LogP contribution in [0.2, 0.25) is 0 Å². The van der Waals surface area contributed by atoms with E-state index in [4.69, 9.17) is 8.83 Å². The van der Waals surface area contributed by atoms with E-state index in [0.717, 1.165) is 17.5 Å². The molecule has 0 radical (unpaired) electrons. The van der Waals surface area contributed by atoms with Crippen molar-refractivity contribution in [3.05, 3.63) is 78.1 Å². The molecule has 4 rings (SSSR count). The molecule has 0 saturated heterocycles. The fraction of sp³-hybridized carbons (Fsp3) is 0.346. The van der Waals surface area contributed by atoms with E-state index in [1.807, 2.05) is 31.2 Å². The van der Waals surface area contributed by atoms with Crippen molar-refractivity contribution in [3.8, 4) is 11.4 Å². The third-order valence-electron chi connectivity index (χ3n) is 5.66. The normalized spacial score (nSPS) is 12.0. The second kappa shape index (κ2) is 11.5. The van der Waals surface area contributed by atoms with E-state index in [1.54, 1.807) is 24.3 Å². The summed E-state index contributed by atoms with van der Waals surface area (Å²) < 4.78 is 11.1. The smallest absolute Gasteiger partial charge is 0.250 e. The topological polar surface area (TPSA) is 119 Å². The molecule has 1 atom stereocenters. The Kier molecular flexibility index (Phi) is 7.94. The molecule has 36 heavy (non-hydrogen) atoms. The lowest BCUT2D eigenvalue weighted by Crippen LogP contribution is -2.45. The fourth-order valence-corrected chi connectivity index (χ4v) is 3.69. The standard InChI is InChI=1S/C26H30N6O4/c1-18(2)12-13-27-26(34)24(22-7-5-15-36-22)31(16-21-6-4-14-35-21)23(33)17-32-29-25(28-30-32)20-10-8-19(3)9-11-20/h4-11,14-15,18,24H,12-13,16-17H2,1-3H3,(H,27,34)/t24-/m1/s1. The number of aryl methyl sites for hydroxylation is 1. The Balaban J connectivity index is 1.58. The number of tetrazole rings is 1. The lowest BCUT2D eigenvalue weighted by atomic mass is 10.1. The van der Waals surface area contributed by atoms with Crippen LogP contribution in [0.15, 0.2) is 69.9 Å². The van der Waals surface area contributed by atoms with Crippen LogP contribution < -0.4 is 5.32 Å². The first-order valence-electron chi connectivity index (χ1n) is 11.9. The van der Waals surface area contributed by atoms with Crippen LogP contribution in [0, 0.1) is 12.8 Å². The maximum absolute atomic E-state index is 13.6. The first-order chi connectivity index (χ1) is 17.4. The van der Waals surface area contributed by atoms with E-state index in [1.165, 1.54) is 22.2 Å². The number of nitrogens with one attached hydrogen (secondary N) is 1. The Hall–Kier alpha value is -4.21.